The summed E-state index contributed by atoms with van der Waals surface area (Å²) >= 11 is 6.20. The monoisotopic (exact) mass is 629 g/mol. The van der Waals surface area contributed by atoms with Crippen molar-refractivity contribution in [1.82, 2.24) is 15.1 Å². The summed E-state index contributed by atoms with van der Waals surface area (Å²) in [6, 6.07) is 22.0. The first kappa shape index (κ1) is 31.0. The highest BCUT2D eigenvalue weighted by atomic mass is 35.5. The van der Waals surface area contributed by atoms with Crippen molar-refractivity contribution in [3.05, 3.63) is 94.0 Å². The minimum absolute atomic E-state index is 0.0119. The number of fused-ring (bicyclic) bond motifs is 3. The van der Waals surface area contributed by atoms with Crippen LogP contribution in [0.2, 0.25) is 5.02 Å². The molecule has 45 heavy (non-hydrogen) atoms. The lowest BCUT2D eigenvalue weighted by atomic mass is 9.82. The summed E-state index contributed by atoms with van der Waals surface area (Å²) in [7, 11) is 1.87. The fourth-order valence-corrected chi connectivity index (χ4v) is 6.63. The van der Waals surface area contributed by atoms with Crippen LogP contribution in [0, 0.1) is 0 Å². The predicted octanol–water partition coefficient (Wildman–Crippen LogP) is 5.52. The van der Waals surface area contributed by atoms with E-state index in [0.717, 1.165) is 59.5 Å². The number of likely N-dealkylation sites (N-methyl/N-ethyl adjacent to an activating group) is 1. The van der Waals surface area contributed by atoms with Crippen LogP contribution in [-0.2, 0) is 22.4 Å². The zero-order valence-corrected chi connectivity index (χ0v) is 26.6. The maximum Gasteiger partial charge on any atom is 0.251 e. The average Bonchev–Trinajstić information content (AvgIpc) is 3.51. The molecule has 2 amide bonds. The molecule has 3 aliphatic rings. The zero-order valence-electron chi connectivity index (χ0n) is 25.9. The molecule has 0 spiro atoms. The van der Waals surface area contributed by atoms with Crippen molar-refractivity contribution >= 4 is 29.0 Å². The molecule has 0 saturated carbocycles. The molecule has 0 aromatic heterocycles. The second-order valence-corrected chi connectivity index (χ2v) is 12.4. The number of benzene rings is 3. The first-order valence-corrected chi connectivity index (χ1v) is 16.1. The molecular formula is C36H40ClN3O5. The van der Waals surface area contributed by atoms with Crippen LogP contribution in [0.25, 0.3) is 5.57 Å². The summed E-state index contributed by atoms with van der Waals surface area (Å²) in [4.78, 5) is 30.1. The molecule has 3 aliphatic heterocycles. The van der Waals surface area contributed by atoms with Crippen molar-refractivity contribution < 1.29 is 23.8 Å². The van der Waals surface area contributed by atoms with Gasteiger partial charge < -0.3 is 29.3 Å². The van der Waals surface area contributed by atoms with Gasteiger partial charge in [0.1, 0.15) is 5.75 Å². The molecule has 8 nitrogen and oxygen atoms in total. The molecule has 6 rings (SSSR count). The maximum absolute atomic E-state index is 14.1. The molecule has 2 atom stereocenters. The second-order valence-electron chi connectivity index (χ2n) is 12.0. The minimum atomic E-state index is -0.207. The van der Waals surface area contributed by atoms with E-state index in [2.05, 4.69) is 35.6 Å². The molecule has 9 heteroatoms. The molecule has 3 aromatic carbocycles. The predicted molar refractivity (Wildman–Crippen MR) is 175 cm³/mol. The molecule has 0 unspecified atom stereocenters. The van der Waals surface area contributed by atoms with Gasteiger partial charge in [-0.1, -0.05) is 54.1 Å². The largest absolute Gasteiger partial charge is 0.492 e. The zero-order chi connectivity index (χ0) is 31.3. The number of halogens is 1. The van der Waals surface area contributed by atoms with Gasteiger partial charge in [0.2, 0.25) is 12.7 Å². The van der Waals surface area contributed by atoms with Crippen molar-refractivity contribution in [3.63, 3.8) is 0 Å². The molecular weight excluding hydrogens is 590 g/mol. The molecule has 1 saturated heterocycles. The van der Waals surface area contributed by atoms with E-state index in [1.54, 1.807) is 6.92 Å². The topological polar surface area (TPSA) is 80.3 Å². The Kier molecular flexibility index (Phi) is 9.61. The molecule has 2 bridgehead atoms. The molecule has 1 fully saturated rings. The van der Waals surface area contributed by atoms with Gasteiger partial charge in [-0.25, -0.2) is 0 Å². The van der Waals surface area contributed by atoms with E-state index < -0.39 is 0 Å². The average molecular weight is 630 g/mol. The van der Waals surface area contributed by atoms with E-state index in [0.29, 0.717) is 43.4 Å². The van der Waals surface area contributed by atoms with Crippen LogP contribution in [0.5, 0.6) is 17.2 Å². The Morgan fingerprint density at radius 1 is 0.978 bits per heavy atom. The molecule has 3 aromatic rings. The van der Waals surface area contributed by atoms with Crippen molar-refractivity contribution in [3.8, 4) is 17.2 Å². The number of para-hydroxylation sites is 1. The highest BCUT2D eigenvalue weighted by Crippen LogP contribution is 2.35. The fourth-order valence-electron chi connectivity index (χ4n) is 6.44. The van der Waals surface area contributed by atoms with Crippen LogP contribution in [0.1, 0.15) is 42.9 Å². The molecule has 1 N–H and O–H groups in total. The number of carbonyl (C=O) groups is 2. The lowest BCUT2D eigenvalue weighted by molar-refractivity contribution is -0.132. The van der Waals surface area contributed by atoms with Crippen LogP contribution in [0.15, 0.2) is 72.3 Å². The van der Waals surface area contributed by atoms with Crippen molar-refractivity contribution in [1.29, 1.82) is 0 Å². The van der Waals surface area contributed by atoms with Gasteiger partial charge in [0.25, 0.3) is 5.91 Å². The van der Waals surface area contributed by atoms with Crippen LogP contribution >= 0.6 is 11.6 Å². The molecule has 3 heterocycles. The van der Waals surface area contributed by atoms with Crippen molar-refractivity contribution in [2.75, 3.05) is 40.1 Å². The lowest BCUT2D eigenvalue weighted by Crippen LogP contribution is -2.61. The number of rotatable bonds is 11. The summed E-state index contributed by atoms with van der Waals surface area (Å²) in [6.45, 7) is 4.20. The number of hydrogen-bond donors (Lipinski definition) is 1. The first-order chi connectivity index (χ1) is 21.9. The second kappa shape index (κ2) is 14.0. The van der Waals surface area contributed by atoms with E-state index in [4.69, 9.17) is 25.8 Å². The lowest BCUT2D eigenvalue weighted by Gasteiger charge is -2.44. The van der Waals surface area contributed by atoms with E-state index in [1.807, 2.05) is 53.2 Å². The number of aryl methyl sites for hydroxylation is 2. The van der Waals surface area contributed by atoms with Crippen LogP contribution in [0.3, 0.4) is 0 Å². The summed E-state index contributed by atoms with van der Waals surface area (Å²) < 4.78 is 16.8. The van der Waals surface area contributed by atoms with Gasteiger partial charge in [0.15, 0.2) is 11.5 Å². The number of ether oxygens (including phenoxy) is 3. The first-order valence-electron chi connectivity index (χ1n) is 15.7. The van der Waals surface area contributed by atoms with Crippen molar-refractivity contribution in [2.45, 2.75) is 51.1 Å². The Labute approximate surface area is 269 Å². The smallest absolute Gasteiger partial charge is 0.251 e. The number of nitrogens with one attached hydrogen (secondary N) is 1. The van der Waals surface area contributed by atoms with E-state index in [9.17, 15) is 9.59 Å². The SMILES string of the molecule is CC(=O)N1C[C@H]2CC(c3ccc(CCCOc4ccccc4Cl)cc3)=C(C(=O)N(C)CCCc3ccc4c(c3)OCO4)[C@@H](C1)N2. The molecule has 236 valence electrons. The quantitative estimate of drug-likeness (QED) is 0.282. The van der Waals surface area contributed by atoms with Gasteiger partial charge in [-0.15, -0.1) is 0 Å². The van der Waals surface area contributed by atoms with E-state index in [-0.39, 0.29) is 30.7 Å². The number of amides is 2. The van der Waals surface area contributed by atoms with Gasteiger partial charge >= 0.3 is 0 Å². The highest BCUT2D eigenvalue weighted by molar-refractivity contribution is 6.32. The summed E-state index contributed by atoms with van der Waals surface area (Å²) in [5, 5.41) is 4.26. The van der Waals surface area contributed by atoms with E-state index >= 15 is 0 Å². The van der Waals surface area contributed by atoms with Gasteiger partial charge in [-0.3, -0.25) is 9.59 Å². The third-order valence-electron chi connectivity index (χ3n) is 8.83. The van der Waals surface area contributed by atoms with Crippen LogP contribution in [0.4, 0.5) is 0 Å². The summed E-state index contributed by atoms with van der Waals surface area (Å²) in [5.41, 5.74) is 5.28. The van der Waals surface area contributed by atoms with Gasteiger partial charge in [0.05, 0.1) is 17.7 Å². The standard InChI is InChI=1S/C36H40ClN3O5/c1-24(41)40-21-28-20-29(27-14-11-25(12-15-27)8-6-18-43-32-10-4-3-9-30(32)37)35(31(22-40)38-28)36(42)39(2)17-5-7-26-13-16-33-34(19-26)45-23-44-33/h3-4,9-16,19,28,31,38H,5-8,17-18,20-23H2,1-2H3/t28-,31-/m1/s1. The van der Waals surface area contributed by atoms with Crippen LogP contribution < -0.4 is 19.5 Å². The Morgan fingerprint density at radius 2 is 1.73 bits per heavy atom. The molecule has 0 radical (unpaired) electrons. The Balaban J connectivity index is 1.14. The minimum Gasteiger partial charge on any atom is -0.492 e. The highest BCUT2D eigenvalue weighted by Gasteiger charge is 2.39. The number of nitrogens with zero attached hydrogens (tertiary/aromatic N) is 2. The maximum atomic E-state index is 14.1. The summed E-state index contributed by atoms with van der Waals surface area (Å²) in [6.07, 6.45) is 4.08. The van der Waals surface area contributed by atoms with Gasteiger partial charge in [-0.05, 0) is 78.6 Å². The van der Waals surface area contributed by atoms with Gasteiger partial charge in [-0.2, -0.15) is 0 Å². The number of piperazine rings is 1. The number of carbonyl (C=O) groups excluding carboxylic acids is 2. The van der Waals surface area contributed by atoms with Gasteiger partial charge in [0, 0.05) is 45.2 Å². The third kappa shape index (κ3) is 7.29. The third-order valence-corrected chi connectivity index (χ3v) is 9.14. The summed E-state index contributed by atoms with van der Waals surface area (Å²) in [5.74, 6) is 2.31. The van der Waals surface area contributed by atoms with Crippen molar-refractivity contribution in [2.24, 2.45) is 0 Å². The van der Waals surface area contributed by atoms with E-state index in [1.165, 1.54) is 5.56 Å². The Bertz CT molecular complexity index is 1570. The normalized spacial score (nSPS) is 18.6. The molecule has 0 aliphatic carbocycles. The number of hydrogen-bond acceptors (Lipinski definition) is 6. The fraction of sp³-hybridized carbons (Fsp3) is 0.389. The van der Waals surface area contributed by atoms with Crippen LogP contribution in [-0.4, -0.2) is 73.8 Å². The Hall–Kier alpha value is -4.01. The Morgan fingerprint density at radius 3 is 2.53 bits per heavy atom.